The van der Waals surface area contributed by atoms with Gasteiger partial charge in [0, 0.05) is 27.9 Å². The molecule has 4 amide bonds. The molecule has 9 heteroatoms. The van der Waals surface area contributed by atoms with Crippen LogP contribution >= 0.6 is 0 Å². The number of aromatic hydroxyl groups is 1. The number of phenols is 1. The maximum atomic E-state index is 13.5. The molecule has 0 spiro atoms. The van der Waals surface area contributed by atoms with E-state index in [4.69, 9.17) is 0 Å². The number of urea groups is 1. The number of hydrogen-bond donors (Lipinski definition) is 1. The second-order valence-corrected chi connectivity index (χ2v) is 8.52. The van der Waals surface area contributed by atoms with E-state index in [2.05, 4.69) is 0 Å². The highest BCUT2D eigenvalue weighted by Crippen LogP contribution is 2.37. The van der Waals surface area contributed by atoms with Crippen molar-refractivity contribution in [3.8, 4) is 5.75 Å². The topological polar surface area (TPSA) is 110 Å². The smallest absolute Gasteiger partial charge is 0.332 e. The molecule has 2 heterocycles. The Morgan fingerprint density at radius 1 is 0.941 bits per heavy atom. The van der Waals surface area contributed by atoms with E-state index in [1.807, 2.05) is 41.8 Å². The van der Waals surface area contributed by atoms with E-state index >= 15 is 0 Å². The molecule has 1 aliphatic heterocycles. The molecular formula is C25H26N4O5. The standard InChI is InChI=1S/C25H26N4O5/c1-15-16(2)29(34)22(28(15)14-17-8-6-5-7-9-17)20(18-10-12-19(30)13-11-18)21-23(31)26(3)25(33)27(4)24(21)32/h5-13,20-21,30H,14H2,1-4H3/t20-/m0/s1. The van der Waals surface area contributed by atoms with E-state index in [9.17, 15) is 24.7 Å². The molecule has 3 aromatic rings. The zero-order valence-corrected chi connectivity index (χ0v) is 19.4. The Morgan fingerprint density at radius 2 is 1.50 bits per heavy atom. The minimum Gasteiger partial charge on any atom is -0.711 e. The summed E-state index contributed by atoms with van der Waals surface area (Å²) in [5.41, 5.74) is 2.59. The van der Waals surface area contributed by atoms with E-state index in [0.29, 0.717) is 23.5 Å². The van der Waals surface area contributed by atoms with Crippen LogP contribution in [0, 0.1) is 25.0 Å². The molecule has 2 aromatic carbocycles. The Labute approximate surface area is 197 Å². The molecule has 1 aliphatic rings. The second kappa shape index (κ2) is 8.66. The number of imide groups is 2. The molecule has 0 aliphatic carbocycles. The fourth-order valence-electron chi connectivity index (χ4n) is 4.45. The average Bonchev–Trinajstić information content (AvgIpc) is 3.04. The Bertz CT molecular complexity index is 1240. The maximum absolute atomic E-state index is 13.5. The Morgan fingerprint density at radius 3 is 2.06 bits per heavy atom. The van der Waals surface area contributed by atoms with Crippen molar-refractivity contribution in [2.24, 2.45) is 5.92 Å². The van der Waals surface area contributed by atoms with Crippen LogP contribution < -0.4 is 4.73 Å². The van der Waals surface area contributed by atoms with Gasteiger partial charge in [-0.3, -0.25) is 19.4 Å². The van der Waals surface area contributed by atoms with Crippen molar-refractivity contribution in [3.05, 3.63) is 88.1 Å². The lowest BCUT2D eigenvalue weighted by molar-refractivity contribution is -0.621. The van der Waals surface area contributed by atoms with Gasteiger partial charge in [0.1, 0.15) is 35.5 Å². The number of rotatable bonds is 5. The van der Waals surface area contributed by atoms with Crippen molar-refractivity contribution in [2.45, 2.75) is 26.3 Å². The van der Waals surface area contributed by atoms with Gasteiger partial charge >= 0.3 is 6.03 Å². The number of phenolic OH excluding ortho intramolecular Hbond substituents is 1. The van der Waals surface area contributed by atoms with Crippen molar-refractivity contribution >= 4 is 17.8 Å². The summed E-state index contributed by atoms with van der Waals surface area (Å²) in [7, 11) is 2.64. The lowest BCUT2D eigenvalue weighted by Gasteiger charge is -2.36. The van der Waals surface area contributed by atoms with Gasteiger partial charge < -0.3 is 10.3 Å². The number of imidazole rings is 1. The number of carbonyl (C=O) groups is 3. The number of aromatic nitrogens is 2. The first-order chi connectivity index (χ1) is 16.1. The summed E-state index contributed by atoms with van der Waals surface area (Å²) >= 11 is 0. The van der Waals surface area contributed by atoms with Gasteiger partial charge in [-0.05, 0) is 23.3 Å². The van der Waals surface area contributed by atoms with E-state index in [1.54, 1.807) is 19.1 Å². The molecule has 176 valence electrons. The summed E-state index contributed by atoms with van der Waals surface area (Å²) in [6.45, 7) is 3.86. The highest BCUT2D eigenvalue weighted by molar-refractivity contribution is 6.16. The van der Waals surface area contributed by atoms with Crippen LogP contribution in [0.1, 0.15) is 34.3 Å². The van der Waals surface area contributed by atoms with Crippen LogP contribution in [0.3, 0.4) is 0 Å². The van der Waals surface area contributed by atoms with Crippen LogP contribution in [0.4, 0.5) is 4.79 Å². The Kier molecular flexibility index (Phi) is 5.87. The van der Waals surface area contributed by atoms with Crippen LogP contribution in [-0.2, 0) is 16.1 Å². The summed E-state index contributed by atoms with van der Waals surface area (Å²) in [4.78, 5) is 40.8. The first-order valence-electron chi connectivity index (χ1n) is 10.8. The normalized spacial score (nSPS) is 15.8. The van der Waals surface area contributed by atoms with Gasteiger partial charge in [0.15, 0.2) is 0 Å². The molecule has 4 rings (SSSR count). The largest absolute Gasteiger partial charge is 0.711 e. The third kappa shape index (κ3) is 3.68. The summed E-state index contributed by atoms with van der Waals surface area (Å²) in [6, 6.07) is 14.9. The van der Waals surface area contributed by atoms with Crippen molar-refractivity contribution in [1.29, 1.82) is 0 Å². The first-order valence-corrected chi connectivity index (χ1v) is 10.8. The van der Waals surface area contributed by atoms with E-state index in [-0.39, 0.29) is 11.6 Å². The quantitative estimate of drug-likeness (QED) is 0.355. The molecule has 0 bridgehead atoms. The van der Waals surface area contributed by atoms with E-state index in [1.165, 1.54) is 26.2 Å². The van der Waals surface area contributed by atoms with Gasteiger partial charge in [-0.1, -0.05) is 42.5 Å². The number of benzene rings is 2. The monoisotopic (exact) mass is 462 g/mol. The van der Waals surface area contributed by atoms with Crippen LogP contribution in [0.5, 0.6) is 5.75 Å². The number of barbiturate groups is 1. The van der Waals surface area contributed by atoms with E-state index < -0.39 is 29.7 Å². The molecule has 1 saturated heterocycles. The third-order valence-corrected chi connectivity index (χ3v) is 6.53. The highest BCUT2D eigenvalue weighted by atomic mass is 16.5. The minimum atomic E-state index is -1.33. The van der Waals surface area contributed by atoms with Gasteiger partial charge in [0.05, 0.1) is 0 Å². The van der Waals surface area contributed by atoms with Gasteiger partial charge in [-0.2, -0.15) is 0 Å². The third-order valence-electron chi connectivity index (χ3n) is 6.53. The van der Waals surface area contributed by atoms with Crippen molar-refractivity contribution < 1.29 is 24.2 Å². The van der Waals surface area contributed by atoms with Crippen LogP contribution in [0.2, 0.25) is 0 Å². The summed E-state index contributed by atoms with van der Waals surface area (Å²) in [6.07, 6.45) is 0. The van der Waals surface area contributed by atoms with Gasteiger partial charge in [-0.15, -0.1) is 0 Å². The molecule has 1 aromatic heterocycles. The molecule has 9 nitrogen and oxygen atoms in total. The second-order valence-electron chi connectivity index (χ2n) is 8.52. The fourth-order valence-corrected chi connectivity index (χ4v) is 4.45. The predicted octanol–water partition coefficient (Wildman–Crippen LogP) is 2.29. The number of hydrogen-bond acceptors (Lipinski definition) is 5. The lowest BCUT2D eigenvalue weighted by atomic mass is 9.82. The molecule has 1 fully saturated rings. The van der Waals surface area contributed by atoms with Gasteiger partial charge in [0.25, 0.3) is 5.82 Å². The molecule has 0 radical (unpaired) electrons. The van der Waals surface area contributed by atoms with Crippen molar-refractivity contribution in [1.82, 2.24) is 14.4 Å². The van der Waals surface area contributed by atoms with Crippen LogP contribution in [0.15, 0.2) is 54.6 Å². The predicted molar refractivity (Wildman–Crippen MR) is 123 cm³/mol. The van der Waals surface area contributed by atoms with Crippen molar-refractivity contribution in [2.75, 3.05) is 14.1 Å². The molecule has 1 N–H and O–H groups in total. The minimum absolute atomic E-state index is 0.00948. The first kappa shape index (κ1) is 23.0. The molecule has 0 saturated carbocycles. The summed E-state index contributed by atoms with van der Waals surface area (Å²) in [5.74, 6) is -3.47. The number of amides is 4. The van der Waals surface area contributed by atoms with Crippen LogP contribution in [0.25, 0.3) is 0 Å². The zero-order valence-electron chi connectivity index (χ0n) is 19.4. The van der Waals surface area contributed by atoms with Gasteiger partial charge in [-0.25, -0.2) is 14.1 Å². The number of carbonyl (C=O) groups excluding carboxylic acids is 3. The number of nitrogens with zero attached hydrogens (tertiary/aromatic N) is 4. The zero-order chi connectivity index (χ0) is 24.7. The molecule has 34 heavy (non-hydrogen) atoms. The lowest BCUT2D eigenvalue weighted by Crippen LogP contribution is -2.59. The highest BCUT2D eigenvalue weighted by Gasteiger charge is 2.51. The summed E-state index contributed by atoms with van der Waals surface area (Å²) in [5, 5.41) is 23.3. The SMILES string of the molecule is Cc1c(C)[n+]([O-])c([C@@H](c2ccc(O)cc2)C2C(=O)N(C)C(=O)N(C)C2=O)n1Cc1ccccc1. The Balaban J connectivity index is 1.96. The summed E-state index contributed by atoms with van der Waals surface area (Å²) < 4.78 is 2.57. The van der Waals surface area contributed by atoms with Crippen LogP contribution in [-0.4, -0.2) is 51.4 Å². The van der Waals surface area contributed by atoms with Gasteiger partial charge in [0.2, 0.25) is 11.8 Å². The molecule has 0 unspecified atom stereocenters. The fraction of sp³-hybridized carbons (Fsp3) is 0.280. The van der Waals surface area contributed by atoms with E-state index in [0.717, 1.165) is 20.1 Å². The average molecular weight is 463 g/mol. The molecular weight excluding hydrogens is 436 g/mol. The molecule has 1 atom stereocenters. The maximum Gasteiger partial charge on any atom is 0.332 e. The van der Waals surface area contributed by atoms with Crippen molar-refractivity contribution in [3.63, 3.8) is 0 Å². The Hall–Kier alpha value is -4.14.